The van der Waals surface area contributed by atoms with E-state index in [1.54, 1.807) is 12.4 Å². The highest BCUT2D eigenvalue weighted by Gasteiger charge is 2.09. The molecular formula is C19H19N3OS. The van der Waals surface area contributed by atoms with E-state index < -0.39 is 0 Å². The van der Waals surface area contributed by atoms with Crippen LogP contribution in [0.1, 0.15) is 23.1 Å². The van der Waals surface area contributed by atoms with Gasteiger partial charge in [0.2, 0.25) is 5.91 Å². The fraction of sp³-hybridized carbons (Fsp3) is 0.211. The minimum Gasteiger partial charge on any atom is -0.302 e. The minimum atomic E-state index is -0.0206. The van der Waals surface area contributed by atoms with E-state index in [2.05, 4.69) is 47.3 Å². The van der Waals surface area contributed by atoms with Gasteiger partial charge in [0, 0.05) is 29.8 Å². The Morgan fingerprint density at radius 1 is 1.12 bits per heavy atom. The van der Waals surface area contributed by atoms with E-state index in [0.717, 1.165) is 16.8 Å². The molecular weight excluding hydrogens is 318 g/mol. The van der Waals surface area contributed by atoms with Gasteiger partial charge in [0.15, 0.2) is 5.13 Å². The van der Waals surface area contributed by atoms with Crippen molar-refractivity contribution in [1.29, 1.82) is 0 Å². The maximum absolute atomic E-state index is 12.1. The van der Waals surface area contributed by atoms with Crippen molar-refractivity contribution in [2.24, 2.45) is 0 Å². The van der Waals surface area contributed by atoms with Gasteiger partial charge in [0.25, 0.3) is 0 Å². The molecule has 1 aromatic carbocycles. The van der Waals surface area contributed by atoms with Gasteiger partial charge in [-0.1, -0.05) is 12.1 Å². The largest absolute Gasteiger partial charge is 0.302 e. The quantitative estimate of drug-likeness (QED) is 0.751. The van der Waals surface area contributed by atoms with Crippen molar-refractivity contribution in [2.45, 2.75) is 26.7 Å². The van der Waals surface area contributed by atoms with Crippen LogP contribution in [-0.4, -0.2) is 15.9 Å². The van der Waals surface area contributed by atoms with Gasteiger partial charge in [-0.2, -0.15) is 0 Å². The Kier molecular flexibility index (Phi) is 5.01. The number of nitrogens with one attached hydrogen (secondary N) is 1. The summed E-state index contributed by atoms with van der Waals surface area (Å²) in [7, 11) is 0. The van der Waals surface area contributed by atoms with Crippen LogP contribution in [0.25, 0.3) is 11.3 Å². The fourth-order valence-electron chi connectivity index (χ4n) is 2.35. The predicted molar refractivity (Wildman–Crippen MR) is 98.2 cm³/mol. The zero-order chi connectivity index (χ0) is 16.9. The van der Waals surface area contributed by atoms with Crippen molar-refractivity contribution in [3.05, 3.63) is 64.8 Å². The van der Waals surface area contributed by atoms with E-state index in [-0.39, 0.29) is 5.91 Å². The third-order valence-electron chi connectivity index (χ3n) is 3.94. The van der Waals surface area contributed by atoms with Gasteiger partial charge < -0.3 is 5.32 Å². The molecule has 5 heteroatoms. The summed E-state index contributed by atoms with van der Waals surface area (Å²) in [6.45, 7) is 4.18. The number of anilines is 1. The van der Waals surface area contributed by atoms with Crippen molar-refractivity contribution in [2.75, 3.05) is 5.32 Å². The number of aromatic nitrogens is 2. The van der Waals surface area contributed by atoms with Crippen LogP contribution in [0.4, 0.5) is 5.13 Å². The first-order chi connectivity index (χ1) is 11.6. The number of hydrogen-bond acceptors (Lipinski definition) is 4. The molecule has 0 unspecified atom stereocenters. The molecule has 0 radical (unpaired) electrons. The van der Waals surface area contributed by atoms with Crippen molar-refractivity contribution in [1.82, 2.24) is 9.97 Å². The molecule has 0 spiro atoms. The highest BCUT2D eigenvalue weighted by molar-refractivity contribution is 7.14. The molecule has 0 atom stereocenters. The molecule has 4 nitrogen and oxygen atoms in total. The van der Waals surface area contributed by atoms with E-state index >= 15 is 0 Å². The second kappa shape index (κ2) is 7.36. The molecule has 0 aliphatic rings. The molecule has 0 saturated carbocycles. The zero-order valence-corrected chi connectivity index (χ0v) is 14.6. The fourth-order valence-corrected chi connectivity index (χ4v) is 3.09. The Labute approximate surface area is 145 Å². The number of carbonyl (C=O) groups is 1. The number of benzene rings is 1. The number of thiazole rings is 1. The molecule has 0 saturated heterocycles. The van der Waals surface area contributed by atoms with Crippen molar-refractivity contribution < 1.29 is 4.79 Å². The molecule has 2 aromatic heterocycles. The summed E-state index contributed by atoms with van der Waals surface area (Å²) in [5.74, 6) is -0.0206. The van der Waals surface area contributed by atoms with Crippen LogP contribution in [0, 0.1) is 13.8 Å². The molecule has 3 aromatic rings. The molecule has 122 valence electrons. The summed E-state index contributed by atoms with van der Waals surface area (Å²) < 4.78 is 0. The first kappa shape index (κ1) is 16.3. The molecule has 24 heavy (non-hydrogen) atoms. The van der Waals surface area contributed by atoms with Gasteiger partial charge in [0.1, 0.15) is 0 Å². The van der Waals surface area contributed by atoms with E-state index in [1.807, 2.05) is 17.5 Å². The number of amides is 1. The van der Waals surface area contributed by atoms with Crippen LogP contribution in [0.15, 0.2) is 48.1 Å². The number of nitrogens with zero attached hydrogens (tertiary/aromatic N) is 2. The second-order valence-electron chi connectivity index (χ2n) is 5.74. The van der Waals surface area contributed by atoms with E-state index in [4.69, 9.17) is 0 Å². The summed E-state index contributed by atoms with van der Waals surface area (Å²) in [6.07, 6.45) is 4.61. The average molecular weight is 337 g/mol. The molecule has 0 aliphatic heterocycles. The lowest BCUT2D eigenvalue weighted by Crippen LogP contribution is -2.12. The Bertz CT molecular complexity index is 843. The minimum absolute atomic E-state index is 0.0206. The lowest BCUT2D eigenvalue weighted by Gasteiger charge is -2.03. The van der Waals surface area contributed by atoms with Gasteiger partial charge >= 0.3 is 0 Å². The smallest absolute Gasteiger partial charge is 0.226 e. The van der Waals surface area contributed by atoms with Crippen LogP contribution >= 0.6 is 11.3 Å². The van der Waals surface area contributed by atoms with E-state index in [0.29, 0.717) is 18.0 Å². The summed E-state index contributed by atoms with van der Waals surface area (Å²) in [4.78, 5) is 20.6. The topological polar surface area (TPSA) is 54.9 Å². The zero-order valence-electron chi connectivity index (χ0n) is 13.7. The standard InChI is InChI=1S/C19H19N3OS/c1-13-3-5-16(11-14(13)2)17-12-24-19(21-17)22-18(23)6-4-15-7-9-20-10-8-15/h3,5,7-12H,4,6H2,1-2H3,(H,21,22,23). The molecule has 2 heterocycles. The summed E-state index contributed by atoms with van der Waals surface area (Å²) in [5, 5.41) is 5.50. The summed E-state index contributed by atoms with van der Waals surface area (Å²) in [6, 6.07) is 10.1. The monoisotopic (exact) mass is 337 g/mol. The number of aryl methyl sites for hydroxylation is 3. The number of pyridine rings is 1. The molecule has 1 amide bonds. The first-order valence-electron chi connectivity index (χ1n) is 7.84. The van der Waals surface area contributed by atoms with Crippen LogP contribution in [-0.2, 0) is 11.2 Å². The molecule has 1 N–H and O–H groups in total. The van der Waals surface area contributed by atoms with Crippen molar-refractivity contribution in [3.8, 4) is 11.3 Å². The summed E-state index contributed by atoms with van der Waals surface area (Å²) >= 11 is 1.45. The Balaban J connectivity index is 1.61. The molecule has 0 aliphatic carbocycles. The van der Waals surface area contributed by atoms with Crippen LogP contribution in [0.3, 0.4) is 0 Å². The second-order valence-corrected chi connectivity index (χ2v) is 6.60. The Hall–Kier alpha value is -2.53. The SMILES string of the molecule is Cc1ccc(-c2csc(NC(=O)CCc3ccncc3)n2)cc1C. The van der Waals surface area contributed by atoms with Gasteiger partial charge in [0.05, 0.1) is 5.69 Å². The average Bonchev–Trinajstić information content (AvgIpc) is 3.05. The molecule has 0 fully saturated rings. The van der Waals surface area contributed by atoms with Gasteiger partial charge in [-0.15, -0.1) is 11.3 Å². The lowest BCUT2D eigenvalue weighted by molar-refractivity contribution is -0.116. The molecule has 0 bridgehead atoms. The summed E-state index contributed by atoms with van der Waals surface area (Å²) in [5.41, 5.74) is 5.58. The number of rotatable bonds is 5. The molecule has 3 rings (SSSR count). The van der Waals surface area contributed by atoms with Crippen LogP contribution < -0.4 is 5.32 Å². The van der Waals surface area contributed by atoms with E-state index in [1.165, 1.54) is 22.5 Å². The highest BCUT2D eigenvalue weighted by atomic mass is 32.1. The van der Waals surface area contributed by atoms with E-state index in [9.17, 15) is 4.79 Å². The normalized spacial score (nSPS) is 10.6. The van der Waals surface area contributed by atoms with Crippen molar-refractivity contribution >= 4 is 22.4 Å². The Morgan fingerprint density at radius 3 is 2.67 bits per heavy atom. The Morgan fingerprint density at radius 2 is 1.92 bits per heavy atom. The van der Waals surface area contributed by atoms with Gasteiger partial charge in [-0.3, -0.25) is 9.78 Å². The third kappa shape index (κ3) is 4.06. The maximum Gasteiger partial charge on any atom is 0.226 e. The maximum atomic E-state index is 12.1. The number of carbonyl (C=O) groups excluding carboxylic acids is 1. The lowest BCUT2D eigenvalue weighted by atomic mass is 10.1. The van der Waals surface area contributed by atoms with Crippen LogP contribution in [0.5, 0.6) is 0 Å². The van der Waals surface area contributed by atoms with Crippen molar-refractivity contribution in [3.63, 3.8) is 0 Å². The number of hydrogen-bond donors (Lipinski definition) is 1. The highest BCUT2D eigenvalue weighted by Crippen LogP contribution is 2.26. The predicted octanol–water partition coefficient (Wildman–Crippen LogP) is 4.39. The van der Waals surface area contributed by atoms with Crippen LogP contribution in [0.2, 0.25) is 0 Å². The first-order valence-corrected chi connectivity index (χ1v) is 8.72. The third-order valence-corrected chi connectivity index (χ3v) is 4.70. The van der Waals surface area contributed by atoms with Gasteiger partial charge in [-0.05, 0) is 55.2 Å². The van der Waals surface area contributed by atoms with Gasteiger partial charge in [-0.25, -0.2) is 4.98 Å².